The van der Waals surface area contributed by atoms with E-state index in [1.54, 1.807) is 0 Å². The Labute approximate surface area is 124 Å². The number of likely N-dealkylation sites (tertiary alicyclic amines) is 1. The third-order valence-electron chi connectivity index (χ3n) is 3.75. The molecule has 1 aliphatic rings. The molecule has 0 aliphatic carbocycles. The summed E-state index contributed by atoms with van der Waals surface area (Å²) in [6, 6.07) is 0.0132. The molecule has 1 heterocycles. The molecule has 0 bridgehead atoms. The summed E-state index contributed by atoms with van der Waals surface area (Å²) in [5.74, 6) is 1.47. The van der Waals surface area contributed by atoms with Crippen molar-refractivity contribution in [3.63, 3.8) is 0 Å². The van der Waals surface area contributed by atoms with Crippen molar-refractivity contribution in [1.29, 1.82) is 0 Å². The average molecular weight is 292 g/mol. The second-order valence-corrected chi connectivity index (χ2v) is 5.85. The van der Waals surface area contributed by atoms with E-state index in [0.717, 1.165) is 32.1 Å². The third-order valence-corrected chi connectivity index (χ3v) is 3.75. The summed E-state index contributed by atoms with van der Waals surface area (Å²) in [6.45, 7) is 10.2. The molecule has 1 fully saturated rings. The molecule has 0 aromatic carbocycles. The number of nitrogens with one attached hydrogen (secondary N) is 2. The Morgan fingerprint density at radius 1 is 1.26 bits per heavy atom. The molecule has 1 amide bonds. The van der Waals surface area contributed by atoms with Gasteiger partial charge < -0.3 is 10.6 Å². The van der Waals surface area contributed by atoms with Gasteiger partial charge >= 0.3 is 0 Å². The zero-order valence-corrected chi connectivity index (χ0v) is 13.6. The van der Waals surface area contributed by atoms with Crippen LogP contribution in [0.3, 0.4) is 0 Å². The summed E-state index contributed by atoms with van der Waals surface area (Å²) < 4.78 is 0. The third kappa shape index (κ3) is 6.59. The summed E-state index contributed by atoms with van der Waals surface area (Å²) in [7, 11) is 2.01. The lowest BCUT2D eigenvalue weighted by Crippen LogP contribution is -2.49. The van der Waals surface area contributed by atoms with Gasteiger partial charge in [0.25, 0.3) is 0 Å². The van der Waals surface area contributed by atoms with Gasteiger partial charge in [0, 0.05) is 6.54 Å². The smallest absolute Gasteiger partial charge is 0.237 e. The zero-order valence-electron chi connectivity index (χ0n) is 12.7. The van der Waals surface area contributed by atoms with Crippen molar-refractivity contribution in [1.82, 2.24) is 15.5 Å². The van der Waals surface area contributed by atoms with E-state index >= 15 is 0 Å². The van der Waals surface area contributed by atoms with Crippen molar-refractivity contribution in [2.75, 3.05) is 33.2 Å². The van der Waals surface area contributed by atoms with Gasteiger partial charge in [0.15, 0.2) is 0 Å². The molecule has 1 unspecified atom stereocenters. The van der Waals surface area contributed by atoms with Gasteiger partial charge in [-0.1, -0.05) is 13.8 Å². The van der Waals surface area contributed by atoms with Gasteiger partial charge in [0.2, 0.25) is 5.91 Å². The van der Waals surface area contributed by atoms with Gasteiger partial charge in [0.05, 0.1) is 6.04 Å². The SMILES string of the molecule is CNCC1CCN(C(C)C(=O)NCC(C)C)CC1.Cl. The molecular weight excluding hydrogens is 262 g/mol. The minimum absolute atomic E-state index is 0. The Balaban J connectivity index is 0.00000324. The van der Waals surface area contributed by atoms with E-state index in [9.17, 15) is 4.79 Å². The molecule has 1 aliphatic heterocycles. The Hall–Kier alpha value is -0.320. The van der Waals surface area contributed by atoms with E-state index in [2.05, 4.69) is 29.4 Å². The van der Waals surface area contributed by atoms with E-state index in [0.29, 0.717) is 5.92 Å². The van der Waals surface area contributed by atoms with E-state index < -0.39 is 0 Å². The fourth-order valence-corrected chi connectivity index (χ4v) is 2.45. The van der Waals surface area contributed by atoms with Gasteiger partial charge in [-0.05, 0) is 58.3 Å². The van der Waals surface area contributed by atoms with Crippen LogP contribution in [0, 0.1) is 11.8 Å². The van der Waals surface area contributed by atoms with Crippen LogP contribution in [0.15, 0.2) is 0 Å². The first-order valence-electron chi connectivity index (χ1n) is 7.21. The van der Waals surface area contributed by atoms with Gasteiger partial charge in [-0.25, -0.2) is 0 Å². The van der Waals surface area contributed by atoms with Crippen LogP contribution >= 0.6 is 12.4 Å². The molecule has 0 radical (unpaired) electrons. The maximum Gasteiger partial charge on any atom is 0.237 e. The van der Waals surface area contributed by atoms with Crippen molar-refractivity contribution in [2.45, 2.75) is 39.7 Å². The normalized spacial score (nSPS) is 19.0. The van der Waals surface area contributed by atoms with E-state index in [1.807, 2.05) is 14.0 Å². The van der Waals surface area contributed by atoms with Crippen LogP contribution in [0.1, 0.15) is 33.6 Å². The van der Waals surface area contributed by atoms with Crippen LogP contribution in [-0.4, -0.2) is 50.1 Å². The largest absolute Gasteiger partial charge is 0.354 e. The van der Waals surface area contributed by atoms with Crippen molar-refractivity contribution < 1.29 is 4.79 Å². The molecule has 4 nitrogen and oxygen atoms in total. The molecule has 1 atom stereocenters. The number of carbonyl (C=O) groups is 1. The number of nitrogens with zero attached hydrogens (tertiary/aromatic N) is 1. The molecule has 1 rings (SSSR count). The van der Waals surface area contributed by atoms with Crippen molar-refractivity contribution in [3.8, 4) is 0 Å². The predicted octanol–water partition coefficient (Wildman–Crippen LogP) is 1.50. The zero-order chi connectivity index (χ0) is 13.5. The molecular formula is C14H30ClN3O. The maximum atomic E-state index is 12.0. The number of hydrogen-bond donors (Lipinski definition) is 2. The van der Waals surface area contributed by atoms with Crippen molar-refractivity contribution in [3.05, 3.63) is 0 Å². The molecule has 0 spiro atoms. The second-order valence-electron chi connectivity index (χ2n) is 5.85. The Bertz CT molecular complexity index is 253. The number of rotatable bonds is 6. The van der Waals surface area contributed by atoms with Gasteiger partial charge in [-0.15, -0.1) is 12.4 Å². The molecule has 0 aromatic rings. The lowest BCUT2D eigenvalue weighted by Gasteiger charge is -2.35. The van der Waals surface area contributed by atoms with E-state index in [4.69, 9.17) is 0 Å². The van der Waals surface area contributed by atoms with Crippen LogP contribution in [0.5, 0.6) is 0 Å². The topological polar surface area (TPSA) is 44.4 Å². The fourth-order valence-electron chi connectivity index (χ4n) is 2.45. The molecule has 1 saturated heterocycles. The highest BCUT2D eigenvalue weighted by atomic mass is 35.5. The number of amides is 1. The van der Waals surface area contributed by atoms with Crippen LogP contribution < -0.4 is 10.6 Å². The Morgan fingerprint density at radius 3 is 2.32 bits per heavy atom. The first kappa shape index (κ1) is 18.7. The number of hydrogen-bond acceptors (Lipinski definition) is 3. The minimum Gasteiger partial charge on any atom is -0.354 e. The quantitative estimate of drug-likeness (QED) is 0.779. The summed E-state index contributed by atoms with van der Waals surface area (Å²) >= 11 is 0. The molecule has 2 N–H and O–H groups in total. The molecule has 5 heteroatoms. The molecule has 0 saturated carbocycles. The van der Waals surface area contributed by atoms with Gasteiger partial charge in [0.1, 0.15) is 0 Å². The highest BCUT2D eigenvalue weighted by Crippen LogP contribution is 2.18. The highest BCUT2D eigenvalue weighted by molar-refractivity contribution is 5.85. The fraction of sp³-hybridized carbons (Fsp3) is 0.929. The molecule has 114 valence electrons. The van der Waals surface area contributed by atoms with Crippen molar-refractivity contribution >= 4 is 18.3 Å². The van der Waals surface area contributed by atoms with Gasteiger partial charge in [-0.2, -0.15) is 0 Å². The van der Waals surface area contributed by atoms with Crippen molar-refractivity contribution in [2.24, 2.45) is 11.8 Å². The summed E-state index contributed by atoms with van der Waals surface area (Å²) in [6.07, 6.45) is 2.39. The van der Waals surface area contributed by atoms with Gasteiger partial charge in [-0.3, -0.25) is 9.69 Å². The summed E-state index contributed by atoms with van der Waals surface area (Å²) in [4.78, 5) is 14.3. The maximum absolute atomic E-state index is 12.0. The minimum atomic E-state index is 0. The predicted molar refractivity (Wildman–Crippen MR) is 82.8 cm³/mol. The molecule has 19 heavy (non-hydrogen) atoms. The first-order chi connectivity index (χ1) is 8.54. The summed E-state index contributed by atoms with van der Waals surface area (Å²) in [5, 5.41) is 6.26. The van der Waals surface area contributed by atoms with Crippen LogP contribution in [0.2, 0.25) is 0 Å². The van der Waals surface area contributed by atoms with E-state index in [1.165, 1.54) is 12.8 Å². The lowest BCUT2D eigenvalue weighted by atomic mass is 9.96. The lowest BCUT2D eigenvalue weighted by molar-refractivity contribution is -0.126. The van der Waals surface area contributed by atoms with Crippen LogP contribution in [-0.2, 0) is 4.79 Å². The van der Waals surface area contributed by atoms with E-state index in [-0.39, 0.29) is 24.4 Å². The second kappa shape index (κ2) is 9.56. The molecule has 0 aromatic heterocycles. The highest BCUT2D eigenvalue weighted by Gasteiger charge is 2.26. The Kier molecular flexibility index (Phi) is 9.40. The van der Waals surface area contributed by atoms with Crippen LogP contribution in [0.4, 0.5) is 0 Å². The standard InChI is InChI=1S/C14H29N3O.ClH/c1-11(2)9-16-14(18)12(3)17-7-5-13(6-8-17)10-15-4;/h11-13,15H,5-10H2,1-4H3,(H,16,18);1H. The van der Waals surface area contributed by atoms with Crippen LogP contribution in [0.25, 0.3) is 0 Å². The number of carbonyl (C=O) groups excluding carboxylic acids is 1. The monoisotopic (exact) mass is 291 g/mol. The average Bonchev–Trinajstić information content (AvgIpc) is 2.36. The first-order valence-corrected chi connectivity index (χ1v) is 7.21. The number of piperidine rings is 1. The Morgan fingerprint density at radius 2 is 1.84 bits per heavy atom. The summed E-state index contributed by atoms with van der Waals surface area (Å²) in [5.41, 5.74) is 0. The number of halogens is 1.